The lowest BCUT2D eigenvalue weighted by molar-refractivity contribution is -0.162. The molecule has 0 aliphatic carbocycles. The summed E-state index contributed by atoms with van der Waals surface area (Å²) in [5, 5.41) is 28.5. The Kier molecular flexibility index (Phi) is 6.03. The van der Waals surface area contributed by atoms with Gasteiger partial charge in [0.1, 0.15) is 6.10 Å². The van der Waals surface area contributed by atoms with E-state index in [1.54, 1.807) is 19.9 Å². The first-order chi connectivity index (χ1) is 11.7. The van der Waals surface area contributed by atoms with Crippen molar-refractivity contribution in [3.8, 4) is 0 Å². The first-order valence-corrected chi connectivity index (χ1v) is 8.56. The molecule has 140 valence electrons. The molecule has 3 unspecified atom stereocenters. The van der Waals surface area contributed by atoms with Gasteiger partial charge in [0.15, 0.2) is 5.60 Å². The monoisotopic (exact) mass is 353 g/mol. The second-order valence-electron chi connectivity index (χ2n) is 7.04. The summed E-state index contributed by atoms with van der Waals surface area (Å²) in [5.41, 5.74) is -0.583. The number of allylic oxidation sites excluding steroid dienone is 1. The van der Waals surface area contributed by atoms with Crippen molar-refractivity contribution in [2.45, 2.75) is 51.4 Å². The lowest BCUT2D eigenvalue weighted by Gasteiger charge is -2.26. The summed E-state index contributed by atoms with van der Waals surface area (Å²) in [6.07, 6.45) is 4.13. The number of nitrogens with zero attached hydrogens (tertiary/aromatic N) is 1. The Morgan fingerprint density at radius 3 is 2.76 bits per heavy atom. The van der Waals surface area contributed by atoms with Gasteiger partial charge in [0, 0.05) is 31.1 Å². The predicted molar refractivity (Wildman–Crippen MR) is 90.8 cm³/mol. The largest absolute Gasteiger partial charge is 0.479 e. The molecule has 1 saturated heterocycles. The first-order valence-electron chi connectivity index (χ1n) is 8.56. The number of hydrogen-bond acceptors (Lipinski definition) is 6. The molecule has 4 atom stereocenters. The minimum Gasteiger partial charge on any atom is -0.479 e. The zero-order chi connectivity index (χ0) is 18.8. The Hall–Kier alpha value is -1.70. The third kappa shape index (κ3) is 4.11. The number of carboxylic acids is 1. The molecule has 0 bridgehead atoms. The topological polar surface area (TPSA) is 107 Å². The standard InChI is InChI=1S/C18H27NO6/c1-4-12(7-11(2)18(3,24)17(22)23)16(21)25-14-8-15-13(10-20)5-6-19(15)9-14/h4-5,11,14-15,20,24H,6-10H2,1-3H3,(H,22,23)/b12-4-/t11?,14?,15?,18-/m1/s1. The SMILES string of the molecule is C/C=C(/CC(C)[C@@](C)(O)C(=O)O)C(=O)OC1CC2C(CO)=CCN2C1. The summed E-state index contributed by atoms with van der Waals surface area (Å²) in [6, 6.07) is 0.128. The van der Waals surface area contributed by atoms with Crippen LogP contribution >= 0.6 is 0 Å². The van der Waals surface area contributed by atoms with E-state index in [1.807, 2.05) is 6.08 Å². The number of aliphatic hydroxyl groups excluding tert-OH is 1. The van der Waals surface area contributed by atoms with Gasteiger partial charge in [-0.05, 0) is 31.8 Å². The fraction of sp³-hybridized carbons (Fsp3) is 0.667. The molecule has 0 aromatic carbocycles. The van der Waals surface area contributed by atoms with Crippen LogP contribution in [0, 0.1) is 5.92 Å². The highest BCUT2D eigenvalue weighted by atomic mass is 16.5. The van der Waals surface area contributed by atoms with E-state index in [9.17, 15) is 19.8 Å². The average Bonchev–Trinajstić information content (AvgIpc) is 3.11. The molecule has 7 heteroatoms. The minimum atomic E-state index is -1.91. The van der Waals surface area contributed by atoms with Crippen LogP contribution in [0.25, 0.3) is 0 Å². The summed E-state index contributed by atoms with van der Waals surface area (Å²) in [4.78, 5) is 25.7. The van der Waals surface area contributed by atoms with Crippen LogP contribution in [0.1, 0.15) is 33.6 Å². The second kappa shape index (κ2) is 7.68. The summed E-state index contributed by atoms with van der Waals surface area (Å²) >= 11 is 0. The summed E-state index contributed by atoms with van der Waals surface area (Å²) < 4.78 is 5.58. The van der Waals surface area contributed by atoms with Crippen LogP contribution in [0.3, 0.4) is 0 Å². The van der Waals surface area contributed by atoms with E-state index in [0.717, 1.165) is 12.1 Å². The average molecular weight is 353 g/mol. The number of fused-ring (bicyclic) bond motifs is 1. The maximum atomic E-state index is 12.4. The van der Waals surface area contributed by atoms with Crippen molar-refractivity contribution in [1.82, 2.24) is 4.90 Å². The zero-order valence-electron chi connectivity index (χ0n) is 14.9. The van der Waals surface area contributed by atoms with Crippen LogP contribution in [0.15, 0.2) is 23.3 Å². The zero-order valence-corrected chi connectivity index (χ0v) is 14.9. The number of ether oxygens (including phenoxy) is 1. The molecule has 1 fully saturated rings. The Labute approximate surface area is 147 Å². The van der Waals surface area contributed by atoms with Crippen molar-refractivity contribution in [1.29, 1.82) is 0 Å². The molecule has 25 heavy (non-hydrogen) atoms. The van der Waals surface area contributed by atoms with Gasteiger partial charge in [-0.3, -0.25) is 4.90 Å². The van der Waals surface area contributed by atoms with Gasteiger partial charge < -0.3 is 20.1 Å². The molecule has 0 aromatic rings. The van der Waals surface area contributed by atoms with Crippen molar-refractivity contribution in [2.75, 3.05) is 19.7 Å². The van der Waals surface area contributed by atoms with E-state index >= 15 is 0 Å². The van der Waals surface area contributed by atoms with Crippen LogP contribution in [0.4, 0.5) is 0 Å². The van der Waals surface area contributed by atoms with Gasteiger partial charge in [-0.2, -0.15) is 0 Å². The third-order valence-electron chi connectivity index (χ3n) is 5.37. The Morgan fingerprint density at radius 2 is 2.20 bits per heavy atom. The van der Waals surface area contributed by atoms with Crippen LogP contribution in [0.2, 0.25) is 0 Å². The molecule has 2 aliphatic rings. The lowest BCUT2D eigenvalue weighted by Crippen LogP contribution is -2.42. The molecule has 0 amide bonds. The van der Waals surface area contributed by atoms with Gasteiger partial charge >= 0.3 is 11.9 Å². The van der Waals surface area contributed by atoms with Crippen molar-refractivity contribution < 1.29 is 29.6 Å². The Bertz CT molecular complexity index is 594. The van der Waals surface area contributed by atoms with Gasteiger partial charge in [0.2, 0.25) is 0 Å². The quantitative estimate of drug-likeness (QED) is 0.351. The minimum absolute atomic E-state index is 0.0176. The number of carboxylic acid groups (broad SMARTS) is 1. The molecule has 0 saturated carbocycles. The number of carbonyl (C=O) groups is 2. The van der Waals surface area contributed by atoms with E-state index in [2.05, 4.69) is 4.90 Å². The van der Waals surface area contributed by atoms with Gasteiger partial charge in [-0.15, -0.1) is 0 Å². The number of esters is 1. The molecule has 2 rings (SSSR count). The number of carbonyl (C=O) groups excluding carboxylic acids is 1. The highest BCUT2D eigenvalue weighted by Gasteiger charge is 2.40. The van der Waals surface area contributed by atoms with E-state index in [-0.39, 0.29) is 25.2 Å². The number of hydrogen-bond donors (Lipinski definition) is 3. The van der Waals surface area contributed by atoms with Crippen molar-refractivity contribution in [3.05, 3.63) is 23.3 Å². The van der Waals surface area contributed by atoms with E-state index in [0.29, 0.717) is 18.5 Å². The maximum Gasteiger partial charge on any atom is 0.335 e. The molecule has 0 radical (unpaired) electrons. The van der Waals surface area contributed by atoms with Gasteiger partial charge in [-0.25, -0.2) is 9.59 Å². The van der Waals surface area contributed by atoms with Crippen LogP contribution in [-0.4, -0.2) is 69.6 Å². The molecule has 3 N–H and O–H groups in total. The molecule has 2 aliphatic heterocycles. The number of aliphatic hydroxyl groups is 2. The summed E-state index contributed by atoms with van der Waals surface area (Å²) in [6.45, 7) is 5.91. The third-order valence-corrected chi connectivity index (χ3v) is 5.37. The predicted octanol–water partition coefficient (Wildman–Crippen LogP) is 0.713. The number of rotatable bonds is 7. The van der Waals surface area contributed by atoms with Crippen molar-refractivity contribution in [3.63, 3.8) is 0 Å². The Morgan fingerprint density at radius 1 is 1.52 bits per heavy atom. The highest BCUT2D eigenvalue weighted by Crippen LogP contribution is 2.31. The van der Waals surface area contributed by atoms with E-state index < -0.39 is 23.5 Å². The number of aliphatic carboxylic acids is 1. The molecular formula is C18H27NO6. The molecule has 0 aromatic heterocycles. The molecular weight excluding hydrogens is 326 g/mol. The van der Waals surface area contributed by atoms with E-state index in [4.69, 9.17) is 9.84 Å². The van der Waals surface area contributed by atoms with Crippen molar-refractivity contribution in [2.24, 2.45) is 5.92 Å². The second-order valence-corrected chi connectivity index (χ2v) is 7.04. The normalized spacial score (nSPS) is 27.4. The fourth-order valence-electron chi connectivity index (χ4n) is 3.36. The van der Waals surface area contributed by atoms with Gasteiger partial charge in [-0.1, -0.05) is 19.1 Å². The lowest BCUT2D eigenvalue weighted by atomic mass is 9.85. The van der Waals surface area contributed by atoms with Gasteiger partial charge in [0.05, 0.1) is 6.61 Å². The van der Waals surface area contributed by atoms with Crippen LogP contribution in [0.5, 0.6) is 0 Å². The van der Waals surface area contributed by atoms with Crippen LogP contribution < -0.4 is 0 Å². The smallest absolute Gasteiger partial charge is 0.335 e. The van der Waals surface area contributed by atoms with E-state index in [1.165, 1.54) is 6.92 Å². The van der Waals surface area contributed by atoms with Gasteiger partial charge in [0.25, 0.3) is 0 Å². The molecule has 2 heterocycles. The summed E-state index contributed by atoms with van der Waals surface area (Å²) in [5.74, 6) is -2.43. The molecule has 0 spiro atoms. The highest BCUT2D eigenvalue weighted by molar-refractivity contribution is 5.88. The van der Waals surface area contributed by atoms with Crippen LogP contribution in [-0.2, 0) is 14.3 Å². The first kappa shape index (κ1) is 19.6. The Balaban J connectivity index is 1.93. The van der Waals surface area contributed by atoms with Crippen molar-refractivity contribution >= 4 is 11.9 Å². The molecule has 7 nitrogen and oxygen atoms in total. The fourth-order valence-corrected chi connectivity index (χ4v) is 3.36. The summed E-state index contributed by atoms with van der Waals surface area (Å²) in [7, 11) is 0. The maximum absolute atomic E-state index is 12.4.